The Hall–Kier alpha value is -2.99. The number of rotatable bonds is 9. The molecule has 1 aromatic heterocycles. The Bertz CT molecular complexity index is 942. The second-order valence-corrected chi connectivity index (χ2v) is 7.50. The van der Waals surface area contributed by atoms with Gasteiger partial charge < -0.3 is 15.1 Å². The molecule has 152 valence electrons. The molecule has 1 N–H and O–H groups in total. The normalized spacial score (nSPS) is 11.0. The molecule has 0 aliphatic rings. The number of anilines is 1. The van der Waals surface area contributed by atoms with Crippen molar-refractivity contribution >= 4 is 22.6 Å². The first kappa shape index (κ1) is 20.7. The van der Waals surface area contributed by atoms with Crippen LogP contribution in [0.5, 0.6) is 0 Å². The van der Waals surface area contributed by atoms with Crippen LogP contribution in [-0.2, 0) is 17.8 Å². The molecule has 0 atom stereocenters. The van der Waals surface area contributed by atoms with Gasteiger partial charge in [-0.15, -0.1) is 0 Å². The quantitative estimate of drug-likeness (QED) is 0.568. The van der Waals surface area contributed by atoms with Gasteiger partial charge in [0.05, 0.1) is 18.5 Å². The minimum Gasteiger partial charge on any atom is -0.369 e. The highest BCUT2D eigenvalue weighted by Crippen LogP contribution is 2.20. The molecule has 0 saturated carbocycles. The van der Waals surface area contributed by atoms with Crippen molar-refractivity contribution in [1.82, 2.24) is 19.8 Å². The van der Waals surface area contributed by atoms with E-state index in [9.17, 15) is 4.79 Å². The lowest BCUT2D eigenvalue weighted by Gasteiger charge is -2.18. The summed E-state index contributed by atoms with van der Waals surface area (Å²) in [4.78, 5) is 25.8. The van der Waals surface area contributed by atoms with E-state index in [0.29, 0.717) is 18.8 Å². The van der Waals surface area contributed by atoms with Gasteiger partial charge in [-0.05, 0) is 44.8 Å². The van der Waals surface area contributed by atoms with Crippen molar-refractivity contribution in [3.05, 3.63) is 66.0 Å². The molecule has 0 saturated heterocycles. The number of nitrogens with zero attached hydrogens (tertiary/aromatic N) is 4. The van der Waals surface area contributed by atoms with E-state index in [2.05, 4.69) is 29.3 Å². The maximum absolute atomic E-state index is 12.6. The van der Waals surface area contributed by atoms with Crippen molar-refractivity contribution in [2.24, 2.45) is 0 Å². The van der Waals surface area contributed by atoms with Crippen LogP contribution in [-0.4, -0.2) is 59.9 Å². The summed E-state index contributed by atoms with van der Waals surface area (Å²) in [6.07, 6.45) is 1.40. The van der Waals surface area contributed by atoms with Crippen LogP contribution < -0.4 is 5.32 Å². The number of hydrogen-bond donors (Lipinski definition) is 1. The Morgan fingerprint density at radius 3 is 2.45 bits per heavy atom. The number of carbonyl (C=O) groups is 1. The second kappa shape index (κ2) is 9.98. The first-order valence-electron chi connectivity index (χ1n) is 9.95. The van der Waals surface area contributed by atoms with Gasteiger partial charge >= 0.3 is 0 Å². The fourth-order valence-electron chi connectivity index (χ4n) is 3.14. The van der Waals surface area contributed by atoms with E-state index in [4.69, 9.17) is 4.98 Å². The van der Waals surface area contributed by atoms with Crippen molar-refractivity contribution in [3.63, 3.8) is 0 Å². The van der Waals surface area contributed by atoms with Crippen molar-refractivity contribution in [2.75, 3.05) is 39.5 Å². The number of para-hydroxylation sites is 1. The average Bonchev–Trinajstić information content (AvgIpc) is 2.71. The van der Waals surface area contributed by atoms with Crippen molar-refractivity contribution in [1.29, 1.82) is 0 Å². The Balaban J connectivity index is 1.72. The number of carbonyl (C=O) groups excluding carboxylic acids is 1. The van der Waals surface area contributed by atoms with Gasteiger partial charge in [0.2, 0.25) is 5.91 Å². The molecule has 3 aromatic rings. The summed E-state index contributed by atoms with van der Waals surface area (Å²) in [5.41, 5.74) is 1.89. The van der Waals surface area contributed by atoms with E-state index in [-0.39, 0.29) is 5.91 Å². The van der Waals surface area contributed by atoms with E-state index >= 15 is 0 Å². The molecule has 0 unspecified atom stereocenters. The molecule has 0 spiro atoms. The summed E-state index contributed by atoms with van der Waals surface area (Å²) in [7, 11) is 5.94. The van der Waals surface area contributed by atoms with Crippen molar-refractivity contribution < 1.29 is 4.79 Å². The number of nitrogens with one attached hydrogen (secondary N) is 1. The number of aromatic nitrogens is 2. The highest BCUT2D eigenvalue weighted by atomic mass is 16.2. The summed E-state index contributed by atoms with van der Waals surface area (Å²) in [6, 6.07) is 17.8. The molecule has 0 radical (unpaired) electrons. The summed E-state index contributed by atoms with van der Waals surface area (Å²) in [5.74, 6) is 1.52. The zero-order chi connectivity index (χ0) is 20.6. The van der Waals surface area contributed by atoms with Crippen LogP contribution >= 0.6 is 0 Å². The first-order chi connectivity index (χ1) is 14.0. The molecule has 29 heavy (non-hydrogen) atoms. The molecule has 3 rings (SSSR count). The van der Waals surface area contributed by atoms with Gasteiger partial charge in [0.25, 0.3) is 0 Å². The molecule has 0 bridgehead atoms. The molecule has 0 fully saturated rings. The van der Waals surface area contributed by atoms with Crippen LogP contribution in [0.25, 0.3) is 10.9 Å². The van der Waals surface area contributed by atoms with Crippen LogP contribution in [0.4, 0.5) is 5.82 Å². The van der Waals surface area contributed by atoms with Crippen LogP contribution in [0.3, 0.4) is 0 Å². The van der Waals surface area contributed by atoms with Gasteiger partial charge in [-0.1, -0.05) is 42.5 Å². The molecule has 6 nitrogen and oxygen atoms in total. The number of hydrogen-bond acceptors (Lipinski definition) is 5. The van der Waals surface area contributed by atoms with Gasteiger partial charge in [0, 0.05) is 19.0 Å². The SMILES string of the molecule is CN(C)CCCNc1nc(CN(C)C(=O)Cc2ccccc2)nc2ccccc12. The molecular formula is C23H29N5O. The van der Waals surface area contributed by atoms with E-state index in [1.807, 2.05) is 54.6 Å². The molecule has 6 heteroatoms. The maximum Gasteiger partial charge on any atom is 0.227 e. The molecule has 0 aliphatic heterocycles. The zero-order valence-corrected chi connectivity index (χ0v) is 17.4. The minimum atomic E-state index is 0.0495. The van der Waals surface area contributed by atoms with E-state index in [0.717, 1.165) is 41.8 Å². The topological polar surface area (TPSA) is 61.4 Å². The summed E-state index contributed by atoms with van der Waals surface area (Å²) in [5, 5.41) is 4.44. The Morgan fingerprint density at radius 2 is 1.69 bits per heavy atom. The minimum absolute atomic E-state index is 0.0495. The third-order valence-corrected chi connectivity index (χ3v) is 4.73. The number of amides is 1. The first-order valence-corrected chi connectivity index (χ1v) is 9.95. The number of likely N-dealkylation sites (N-methyl/N-ethyl adjacent to an activating group) is 1. The van der Waals surface area contributed by atoms with Crippen LogP contribution in [0.15, 0.2) is 54.6 Å². The molecule has 1 amide bonds. The van der Waals surface area contributed by atoms with Gasteiger partial charge in [0.15, 0.2) is 5.82 Å². The Labute approximate surface area is 172 Å². The lowest BCUT2D eigenvalue weighted by atomic mass is 10.1. The molecule has 0 aliphatic carbocycles. The summed E-state index contributed by atoms with van der Waals surface area (Å²) < 4.78 is 0. The molecular weight excluding hydrogens is 362 g/mol. The van der Waals surface area contributed by atoms with Gasteiger partial charge in [-0.25, -0.2) is 9.97 Å². The van der Waals surface area contributed by atoms with Crippen LogP contribution in [0.1, 0.15) is 17.8 Å². The van der Waals surface area contributed by atoms with Crippen LogP contribution in [0, 0.1) is 0 Å². The number of benzene rings is 2. The van der Waals surface area contributed by atoms with Gasteiger partial charge in [-0.2, -0.15) is 0 Å². The number of fused-ring (bicyclic) bond motifs is 1. The third-order valence-electron chi connectivity index (χ3n) is 4.73. The standard InChI is InChI=1S/C23H29N5O/c1-27(2)15-9-14-24-23-19-12-7-8-13-20(19)25-21(26-23)17-28(3)22(29)16-18-10-5-4-6-11-18/h4-8,10-13H,9,14-17H2,1-3H3,(H,24,25,26). The smallest absolute Gasteiger partial charge is 0.227 e. The lowest BCUT2D eigenvalue weighted by Crippen LogP contribution is -2.28. The summed E-state index contributed by atoms with van der Waals surface area (Å²) >= 11 is 0. The Kier molecular flexibility index (Phi) is 7.14. The predicted octanol–water partition coefficient (Wildman–Crippen LogP) is 3.19. The highest BCUT2D eigenvalue weighted by molar-refractivity contribution is 5.89. The fraction of sp³-hybridized carbons (Fsp3) is 0.348. The van der Waals surface area contributed by atoms with E-state index < -0.39 is 0 Å². The second-order valence-electron chi connectivity index (χ2n) is 7.50. The third kappa shape index (κ3) is 5.99. The predicted molar refractivity (Wildman–Crippen MR) is 118 cm³/mol. The molecule has 2 aromatic carbocycles. The zero-order valence-electron chi connectivity index (χ0n) is 17.4. The van der Waals surface area contributed by atoms with Gasteiger partial charge in [0.1, 0.15) is 5.82 Å². The van der Waals surface area contributed by atoms with E-state index in [1.54, 1.807) is 11.9 Å². The van der Waals surface area contributed by atoms with Crippen molar-refractivity contribution in [2.45, 2.75) is 19.4 Å². The highest BCUT2D eigenvalue weighted by Gasteiger charge is 2.14. The van der Waals surface area contributed by atoms with Crippen LogP contribution in [0.2, 0.25) is 0 Å². The summed E-state index contributed by atoms with van der Waals surface area (Å²) in [6.45, 7) is 2.23. The Morgan fingerprint density at radius 1 is 0.966 bits per heavy atom. The monoisotopic (exact) mass is 391 g/mol. The fourth-order valence-corrected chi connectivity index (χ4v) is 3.14. The van der Waals surface area contributed by atoms with Gasteiger partial charge in [-0.3, -0.25) is 4.79 Å². The molecule has 1 heterocycles. The maximum atomic E-state index is 12.6. The average molecular weight is 392 g/mol. The van der Waals surface area contributed by atoms with Crippen molar-refractivity contribution in [3.8, 4) is 0 Å². The largest absolute Gasteiger partial charge is 0.369 e. The van der Waals surface area contributed by atoms with E-state index in [1.165, 1.54) is 0 Å². The lowest BCUT2D eigenvalue weighted by molar-refractivity contribution is -0.129.